The third-order valence-electron chi connectivity index (χ3n) is 2.04. The molecule has 0 spiro atoms. The van der Waals surface area contributed by atoms with Gasteiger partial charge in [-0.3, -0.25) is 4.79 Å². The number of esters is 1. The quantitative estimate of drug-likeness (QED) is 0.508. The summed E-state index contributed by atoms with van der Waals surface area (Å²) in [5.74, 6) is -1.83. The Bertz CT molecular complexity index is 307. The van der Waals surface area contributed by atoms with Gasteiger partial charge in [-0.2, -0.15) is 0 Å². The van der Waals surface area contributed by atoms with Gasteiger partial charge < -0.3 is 25.2 Å². The summed E-state index contributed by atoms with van der Waals surface area (Å²) in [6.07, 6.45) is -1.59. The van der Waals surface area contributed by atoms with Gasteiger partial charge in [0.25, 0.3) is 0 Å². The molecule has 18 heavy (non-hydrogen) atoms. The molecule has 0 aliphatic rings. The highest BCUT2D eigenvalue weighted by atomic mass is 16.5. The van der Waals surface area contributed by atoms with Crippen LogP contribution in [0.4, 0.5) is 4.79 Å². The van der Waals surface area contributed by atoms with Crippen molar-refractivity contribution in [2.75, 3.05) is 26.7 Å². The van der Waals surface area contributed by atoms with Gasteiger partial charge in [-0.15, -0.1) is 0 Å². The van der Waals surface area contributed by atoms with Gasteiger partial charge in [0.2, 0.25) is 0 Å². The topological polar surface area (TPSA) is 116 Å². The maximum absolute atomic E-state index is 11.4. The average molecular weight is 262 g/mol. The summed E-state index contributed by atoms with van der Waals surface area (Å²) >= 11 is 0. The average Bonchev–Trinajstić information content (AvgIpc) is 2.32. The SMILES string of the molecule is CCOC(=O)CCN(C)C(=O)NCC(O)C(=O)O. The monoisotopic (exact) mass is 262 g/mol. The van der Waals surface area contributed by atoms with E-state index in [4.69, 9.17) is 10.2 Å². The standard InChI is InChI=1S/C10H18N2O6/c1-3-18-8(14)4-5-12(2)10(17)11-6-7(13)9(15)16/h7,13H,3-6H2,1-2H3,(H,11,17)(H,15,16). The number of amides is 2. The fraction of sp³-hybridized carbons (Fsp3) is 0.700. The Morgan fingerprint density at radius 3 is 2.50 bits per heavy atom. The summed E-state index contributed by atoms with van der Waals surface area (Å²) in [5, 5.41) is 19.6. The Balaban J connectivity index is 3.89. The molecular formula is C10H18N2O6. The number of hydrogen-bond donors (Lipinski definition) is 3. The molecule has 8 heteroatoms. The number of ether oxygens (including phenoxy) is 1. The van der Waals surface area contributed by atoms with Crippen LogP contribution in [0, 0.1) is 0 Å². The number of aliphatic carboxylic acids is 1. The largest absolute Gasteiger partial charge is 0.479 e. The molecular weight excluding hydrogens is 244 g/mol. The molecule has 0 aromatic rings. The van der Waals surface area contributed by atoms with Crippen LogP contribution in [0.3, 0.4) is 0 Å². The maximum atomic E-state index is 11.4. The first-order valence-corrected chi connectivity index (χ1v) is 5.44. The predicted octanol–water partition coefficient (Wildman–Crippen LogP) is -0.973. The third kappa shape index (κ3) is 6.69. The van der Waals surface area contributed by atoms with Gasteiger partial charge in [0.05, 0.1) is 19.6 Å². The van der Waals surface area contributed by atoms with Crippen molar-refractivity contribution in [3.05, 3.63) is 0 Å². The molecule has 0 aromatic heterocycles. The number of carboxylic acid groups (broad SMARTS) is 1. The molecule has 0 saturated heterocycles. The number of urea groups is 1. The minimum absolute atomic E-state index is 0.0548. The first-order chi connectivity index (χ1) is 8.38. The van der Waals surface area contributed by atoms with Crippen LogP contribution in [0.2, 0.25) is 0 Å². The van der Waals surface area contributed by atoms with Gasteiger partial charge in [0, 0.05) is 13.6 Å². The minimum atomic E-state index is -1.65. The predicted molar refractivity (Wildman–Crippen MR) is 60.9 cm³/mol. The van der Waals surface area contributed by atoms with Crippen molar-refractivity contribution in [3.63, 3.8) is 0 Å². The molecule has 0 bridgehead atoms. The molecule has 104 valence electrons. The van der Waals surface area contributed by atoms with E-state index in [0.717, 1.165) is 0 Å². The lowest BCUT2D eigenvalue weighted by atomic mass is 10.3. The third-order valence-corrected chi connectivity index (χ3v) is 2.04. The number of rotatable bonds is 7. The zero-order chi connectivity index (χ0) is 14.1. The summed E-state index contributed by atoms with van der Waals surface area (Å²) in [5.41, 5.74) is 0. The van der Waals surface area contributed by atoms with Crippen LogP contribution in [0.5, 0.6) is 0 Å². The van der Waals surface area contributed by atoms with Crippen molar-refractivity contribution in [2.24, 2.45) is 0 Å². The molecule has 1 atom stereocenters. The summed E-state index contributed by atoms with van der Waals surface area (Å²) in [7, 11) is 1.45. The second-order valence-electron chi connectivity index (χ2n) is 3.52. The number of aliphatic hydroxyl groups is 1. The first-order valence-electron chi connectivity index (χ1n) is 5.44. The normalized spacial score (nSPS) is 11.5. The van der Waals surface area contributed by atoms with Gasteiger partial charge in [-0.05, 0) is 6.92 Å². The lowest BCUT2D eigenvalue weighted by Crippen LogP contribution is -2.43. The van der Waals surface area contributed by atoms with Crippen LogP contribution >= 0.6 is 0 Å². The van der Waals surface area contributed by atoms with Crippen molar-refractivity contribution in [2.45, 2.75) is 19.4 Å². The van der Waals surface area contributed by atoms with Crippen molar-refractivity contribution in [1.29, 1.82) is 0 Å². The Morgan fingerprint density at radius 1 is 1.39 bits per heavy atom. The smallest absolute Gasteiger partial charge is 0.334 e. The second kappa shape index (κ2) is 8.29. The van der Waals surface area contributed by atoms with Gasteiger partial charge >= 0.3 is 18.0 Å². The van der Waals surface area contributed by atoms with Crippen molar-refractivity contribution >= 4 is 18.0 Å². The number of nitrogens with one attached hydrogen (secondary N) is 1. The Labute approximate surface area is 105 Å². The van der Waals surface area contributed by atoms with Crippen LogP contribution in [0.25, 0.3) is 0 Å². The van der Waals surface area contributed by atoms with E-state index < -0.39 is 30.6 Å². The van der Waals surface area contributed by atoms with Gasteiger partial charge in [-0.25, -0.2) is 9.59 Å². The lowest BCUT2D eigenvalue weighted by molar-refractivity contribution is -0.146. The van der Waals surface area contributed by atoms with Crippen LogP contribution in [0.1, 0.15) is 13.3 Å². The van der Waals surface area contributed by atoms with Crippen LogP contribution in [-0.2, 0) is 14.3 Å². The molecule has 0 saturated carbocycles. The van der Waals surface area contributed by atoms with E-state index in [-0.39, 0.29) is 19.6 Å². The highest BCUT2D eigenvalue weighted by Gasteiger charge is 2.16. The number of carbonyl (C=O) groups excluding carboxylic acids is 2. The molecule has 1 unspecified atom stereocenters. The van der Waals surface area contributed by atoms with Crippen LogP contribution < -0.4 is 5.32 Å². The lowest BCUT2D eigenvalue weighted by Gasteiger charge is -2.18. The van der Waals surface area contributed by atoms with E-state index in [1.54, 1.807) is 6.92 Å². The summed E-state index contributed by atoms with van der Waals surface area (Å²) in [6.45, 7) is 1.72. The zero-order valence-corrected chi connectivity index (χ0v) is 10.4. The number of carbonyl (C=O) groups is 3. The van der Waals surface area contributed by atoms with Gasteiger partial charge in [-0.1, -0.05) is 0 Å². The first kappa shape index (κ1) is 16.2. The molecule has 2 amide bonds. The highest BCUT2D eigenvalue weighted by Crippen LogP contribution is 1.92. The van der Waals surface area contributed by atoms with Crippen LogP contribution in [-0.4, -0.2) is 65.9 Å². The van der Waals surface area contributed by atoms with Gasteiger partial charge in [0.15, 0.2) is 6.10 Å². The summed E-state index contributed by atoms with van der Waals surface area (Å²) < 4.78 is 4.69. The molecule has 0 heterocycles. The molecule has 0 aliphatic heterocycles. The molecule has 3 N–H and O–H groups in total. The van der Waals surface area contributed by atoms with E-state index >= 15 is 0 Å². The van der Waals surface area contributed by atoms with Gasteiger partial charge in [0.1, 0.15) is 0 Å². The maximum Gasteiger partial charge on any atom is 0.334 e. The summed E-state index contributed by atoms with van der Waals surface area (Å²) in [4.78, 5) is 33.9. The molecule has 8 nitrogen and oxygen atoms in total. The molecule has 0 radical (unpaired) electrons. The Hall–Kier alpha value is -1.83. The summed E-state index contributed by atoms with van der Waals surface area (Å²) in [6, 6.07) is -0.570. The molecule has 0 aromatic carbocycles. The second-order valence-corrected chi connectivity index (χ2v) is 3.52. The number of carboxylic acids is 1. The van der Waals surface area contributed by atoms with E-state index in [1.807, 2.05) is 0 Å². The van der Waals surface area contributed by atoms with E-state index in [9.17, 15) is 14.4 Å². The van der Waals surface area contributed by atoms with Crippen LogP contribution in [0.15, 0.2) is 0 Å². The van der Waals surface area contributed by atoms with Crippen molar-refractivity contribution in [3.8, 4) is 0 Å². The van der Waals surface area contributed by atoms with Crippen molar-refractivity contribution < 1.29 is 29.3 Å². The number of hydrogen-bond acceptors (Lipinski definition) is 5. The number of nitrogens with zero attached hydrogens (tertiary/aromatic N) is 1. The zero-order valence-electron chi connectivity index (χ0n) is 10.4. The molecule has 0 fully saturated rings. The highest BCUT2D eigenvalue weighted by molar-refractivity contribution is 5.77. The number of aliphatic hydroxyl groups excluding tert-OH is 1. The fourth-order valence-electron chi connectivity index (χ4n) is 1.000. The molecule has 0 rings (SSSR count). The van der Waals surface area contributed by atoms with E-state index in [2.05, 4.69) is 10.1 Å². The van der Waals surface area contributed by atoms with E-state index in [1.165, 1.54) is 11.9 Å². The Kier molecular flexibility index (Phi) is 7.45. The van der Waals surface area contributed by atoms with Crippen molar-refractivity contribution in [1.82, 2.24) is 10.2 Å². The molecule has 0 aliphatic carbocycles. The fourth-order valence-corrected chi connectivity index (χ4v) is 1.000. The van der Waals surface area contributed by atoms with E-state index in [0.29, 0.717) is 0 Å². The minimum Gasteiger partial charge on any atom is -0.479 e. The Morgan fingerprint density at radius 2 is 2.00 bits per heavy atom.